The molecule has 1 aromatic rings. The van der Waals surface area contributed by atoms with Crippen molar-refractivity contribution < 1.29 is 24.2 Å². The van der Waals surface area contributed by atoms with E-state index in [0.29, 0.717) is 13.0 Å². The van der Waals surface area contributed by atoms with Crippen molar-refractivity contribution in [2.45, 2.75) is 91.7 Å². The predicted octanol–water partition coefficient (Wildman–Crippen LogP) is 4.13. The molecule has 2 unspecified atom stereocenters. The molecule has 1 amide bonds. The van der Waals surface area contributed by atoms with Gasteiger partial charge in [-0.2, -0.15) is 0 Å². The van der Waals surface area contributed by atoms with Gasteiger partial charge in [-0.25, -0.2) is 4.79 Å². The fourth-order valence-corrected chi connectivity index (χ4v) is 3.25. The molecular formula is C25H42N2O5. The predicted molar refractivity (Wildman–Crippen MR) is 126 cm³/mol. The van der Waals surface area contributed by atoms with Crippen LogP contribution in [-0.4, -0.2) is 58.5 Å². The zero-order valence-corrected chi connectivity index (χ0v) is 21.0. The van der Waals surface area contributed by atoms with Crippen LogP contribution in [0.25, 0.3) is 0 Å². The number of nitrogens with one attached hydrogen (secondary N) is 1. The summed E-state index contributed by atoms with van der Waals surface area (Å²) < 4.78 is 10.9. The fourth-order valence-electron chi connectivity index (χ4n) is 3.25. The van der Waals surface area contributed by atoms with Crippen molar-refractivity contribution in [1.82, 2.24) is 10.2 Å². The highest BCUT2D eigenvalue weighted by Crippen LogP contribution is 2.15. The Labute approximate surface area is 193 Å². The third kappa shape index (κ3) is 12.7. The van der Waals surface area contributed by atoms with Crippen LogP contribution >= 0.6 is 0 Å². The number of carbonyl (C=O) groups is 2. The van der Waals surface area contributed by atoms with E-state index in [9.17, 15) is 14.7 Å². The van der Waals surface area contributed by atoms with Gasteiger partial charge < -0.3 is 19.9 Å². The number of rotatable bonds is 10. The molecular weight excluding hydrogens is 408 g/mol. The third-order valence-corrected chi connectivity index (χ3v) is 4.36. The molecule has 0 saturated carbocycles. The Morgan fingerprint density at radius 1 is 1.00 bits per heavy atom. The largest absolute Gasteiger partial charge is 0.459 e. The summed E-state index contributed by atoms with van der Waals surface area (Å²) in [4.78, 5) is 26.7. The molecule has 0 fully saturated rings. The first-order valence-corrected chi connectivity index (χ1v) is 11.3. The summed E-state index contributed by atoms with van der Waals surface area (Å²) in [5.41, 5.74) is -0.205. The highest BCUT2D eigenvalue weighted by atomic mass is 16.6. The summed E-state index contributed by atoms with van der Waals surface area (Å²) in [5.74, 6) is -0.112. The van der Waals surface area contributed by atoms with Gasteiger partial charge in [0.1, 0.15) is 11.2 Å². The first kappa shape index (κ1) is 27.9. The highest BCUT2D eigenvalue weighted by Gasteiger charge is 2.28. The van der Waals surface area contributed by atoms with E-state index >= 15 is 0 Å². The number of carbonyl (C=O) groups excluding carboxylic acids is 2. The second kappa shape index (κ2) is 12.2. The molecule has 2 atom stereocenters. The van der Waals surface area contributed by atoms with Gasteiger partial charge in [0.05, 0.1) is 18.7 Å². The van der Waals surface area contributed by atoms with Crippen molar-refractivity contribution in [3.05, 3.63) is 35.9 Å². The van der Waals surface area contributed by atoms with Crippen molar-refractivity contribution in [2.75, 3.05) is 13.1 Å². The van der Waals surface area contributed by atoms with Crippen LogP contribution in [0.15, 0.2) is 30.3 Å². The normalized spacial score (nSPS) is 14.2. The number of amides is 1. The lowest BCUT2D eigenvalue weighted by atomic mass is 9.98. The van der Waals surface area contributed by atoms with Crippen molar-refractivity contribution in [3.8, 4) is 0 Å². The number of benzene rings is 1. The molecule has 0 radical (unpaired) electrons. The van der Waals surface area contributed by atoms with Crippen LogP contribution in [-0.2, 0) is 20.8 Å². The lowest BCUT2D eigenvalue weighted by Crippen LogP contribution is -2.50. The van der Waals surface area contributed by atoms with E-state index in [0.717, 1.165) is 5.56 Å². The summed E-state index contributed by atoms with van der Waals surface area (Å²) in [6.07, 6.45) is -0.883. The lowest BCUT2D eigenvalue weighted by Gasteiger charge is -2.32. The molecule has 182 valence electrons. The zero-order chi connectivity index (χ0) is 24.5. The minimum absolute atomic E-state index is 0.0318. The number of aliphatic hydroxyl groups is 1. The molecule has 0 aliphatic rings. The first-order valence-electron chi connectivity index (χ1n) is 11.3. The number of nitrogens with zero attached hydrogens (tertiary/aromatic N) is 1. The molecule has 7 heteroatoms. The molecule has 1 aromatic carbocycles. The van der Waals surface area contributed by atoms with E-state index in [4.69, 9.17) is 9.47 Å². The van der Waals surface area contributed by atoms with Gasteiger partial charge in [0.25, 0.3) is 0 Å². The minimum Gasteiger partial charge on any atom is -0.459 e. The van der Waals surface area contributed by atoms with Crippen molar-refractivity contribution in [2.24, 2.45) is 5.92 Å². The van der Waals surface area contributed by atoms with Crippen LogP contribution in [0, 0.1) is 5.92 Å². The third-order valence-electron chi connectivity index (χ3n) is 4.36. The number of ether oxygens (including phenoxy) is 2. The molecule has 0 saturated heterocycles. The average molecular weight is 451 g/mol. The lowest BCUT2D eigenvalue weighted by molar-refractivity contribution is -0.156. The van der Waals surface area contributed by atoms with Gasteiger partial charge in [0.2, 0.25) is 0 Å². The van der Waals surface area contributed by atoms with Gasteiger partial charge in [-0.05, 0) is 59.4 Å². The van der Waals surface area contributed by atoms with Crippen molar-refractivity contribution in [1.29, 1.82) is 0 Å². The van der Waals surface area contributed by atoms with E-state index in [1.807, 2.05) is 69.9 Å². The standard InChI is InChI=1S/C25H42N2O5/c1-18(2)14-20(26-23(30)32-25(6,7)8)21(28)16-27(15-19-12-10-9-11-13-19)17-22(29)31-24(3,4)5/h9-13,18,20-21,28H,14-17H2,1-8H3,(H,26,30). The molecule has 32 heavy (non-hydrogen) atoms. The average Bonchev–Trinajstić information content (AvgIpc) is 2.58. The summed E-state index contributed by atoms with van der Waals surface area (Å²) >= 11 is 0. The van der Waals surface area contributed by atoms with Gasteiger partial charge >= 0.3 is 12.1 Å². The Hall–Kier alpha value is -2.12. The molecule has 0 heterocycles. The number of aliphatic hydroxyl groups excluding tert-OH is 1. The van der Waals surface area contributed by atoms with Gasteiger partial charge in [0, 0.05) is 13.1 Å². The summed E-state index contributed by atoms with van der Waals surface area (Å²) in [6.45, 7) is 15.6. The Kier molecular flexibility index (Phi) is 10.6. The summed E-state index contributed by atoms with van der Waals surface area (Å²) in [5, 5.41) is 13.8. The van der Waals surface area contributed by atoms with Gasteiger partial charge in [0.15, 0.2) is 0 Å². The quantitative estimate of drug-likeness (QED) is 0.521. The second-order valence-corrected chi connectivity index (χ2v) is 10.7. The number of hydrogen-bond donors (Lipinski definition) is 2. The van der Waals surface area contributed by atoms with Crippen LogP contribution < -0.4 is 5.32 Å². The number of esters is 1. The number of alkyl carbamates (subject to hydrolysis) is 1. The van der Waals surface area contributed by atoms with Crippen LogP contribution in [0.5, 0.6) is 0 Å². The van der Waals surface area contributed by atoms with Crippen LogP contribution in [0.2, 0.25) is 0 Å². The topological polar surface area (TPSA) is 88.1 Å². The van der Waals surface area contributed by atoms with Crippen LogP contribution in [0.4, 0.5) is 4.79 Å². The summed E-state index contributed by atoms with van der Waals surface area (Å²) in [7, 11) is 0. The fraction of sp³-hybridized carbons (Fsp3) is 0.680. The van der Waals surface area contributed by atoms with E-state index in [1.54, 1.807) is 20.8 Å². The Balaban J connectivity index is 2.95. The SMILES string of the molecule is CC(C)CC(NC(=O)OC(C)(C)C)C(O)CN(CC(=O)OC(C)(C)C)Cc1ccccc1. The maximum Gasteiger partial charge on any atom is 0.407 e. The molecule has 7 nitrogen and oxygen atoms in total. The van der Waals surface area contributed by atoms with Gasteiger partial charge in [-0.15, -0.1) is 0 Å². The highest BCUT2D eigenvalue weighted by molar-refractivity contribution is 5.72. The van der Waals surface area contributed by atoms with E-state index in [1.165, 1.54) is 0 Å². The molecule has 0 spiro atoms. The van der Waals surface area contributed by atoms with Gasteiger partial charge in [-0.3, -0.25) is 9.69 Å². The minimum atomic E-state index is -0.893. The molecule has 0 aliphatic carbocycles. The smallest absolute Gasteiger partial charge is 0.407 e. The maximum atomic E-state index is 12.5. The first-order chi connectivity index (χ1) is 14.6. The monoisotopic (exact) mass is 450 g/mol. The molecule has 2 N–H and O–H groups in total. The molecule has 1 rings (SSSR count). The van der Waals surface area contributed by atoms with Crippen LogP contribution in [0.1, 0.15) is 67.4 Å². The molecule has 0 aromatic heterocycles. The Bertz CT molecular complexity index is 707. The van der Waals surface area contributed by atoms with Crippen LogP contribution in [0.3, 0.4) is 0 Å². The molecule has 0 bridgehead atoms. The summed E-state index contributed by atoms with van der Waals surface area (Å²) in [6, 6.07) is 9.23. The Morgan fingerprint density at radius 2 is 1.56 bits per heavy atom. The zero-order valence-electron chi connectivity index (χ0n) is 21.0. The molecule has 0 aliphatic heterocycles. The van der Waals surface area contributed by atoms with Crippen molar-refractivity contribution >= 4 is 12.1 Å². The van der Waals surface area contributed by atoms with E-state index in [2.05, 4.69) is 5.32 Å². The van der Waals surface area contributed by atoms with E-state index < -0.39 is 29.4 Å². The van der Waals surface area contributed by atoms with Gasteiger partial charge in [-0.1, -0.05) is 44.2 Å². The number of hydrogen-bond acceptors (Lipinski definition) is 6. The second-order valence-electron chi connectivity index (χ2n) is 10.7. The Morgan fingerprint density at radius 3 is 2.06 bits per heavy atom. The maximum absolute atomic E-state index is 12.5. The van der Waals surface area contributed by atoms with E-state index in [-0.39, 0.29) is 25.0 Å². The van der Waals surface area contributed by atoms with Crippen molar-refractivity contribution in [3.63, 3.8) is 0 Å².